The molecule has 1 aromatic heterocycles. The van der Waals surface area contributed by atoms with E-state index in [0.29, 0.717) is 6.42 Å². The molecule has 3 aromatic rings. The molecule has 2 N–H and O–H groups in total. The average Bonchev–Trinajstić information content (AvgIpc) is 2.88. The lowest BCUT2D eigenvalue weighted by Gasteiger charge is -2.07. The molecule has 0 aliphatic heterocycles. The maximum Gasteiger partial charge on any atom is 0.254 e. The van der Waals surface area contributed by atoms with Crippen LogP contribution >= 0.6 is 0 Å². The SMILES string of the molecule is Cc1ccc2[nH]c(C)c(CCNC(=O)c3ccc(F)c(F)c3F)c2c1. The van der Waals surface area contributed by atoms with Crippen LogP contribution in [0.3, 0.4) is 0 Å². The maximum atomic E-state index is 13.6. The minimum atomic E-state index is -1.64. The van der Waals surface area contributed by atoms with Gasteiger partial charge in [0.25, 0.3) is 5.91 Å². The number of benzene rings is 2. The fraction of sp³-hybridized carbons (Fsp3) is 0.211. The summed E-state index contributed by atoms with van der Waals surface area (Å²) in [6.45, 7) is 4.19. The second kappa shape index (κ2) is 6.63. The van der Waals surface area contributed by atoms with Crippen molar-refractivity contribution in [3.63, 3.8) is 0 Å². The summed E-state index contributed by atoms with van der Waals surface area (Å²) in [4.78, 5) is 15.3. The average molecular weight is 346 g/mol. The number of aromatic amines is 1. The summed E-state index contributed by atoms with van der Waals surface area (Å²) in [5.41, 5.74) is 3.68. The van der Waals surface area contributed by atoms with Crippen LogP contribution < -0.4 is 5.32 Å². The Balaban J connectivity index is 1.73. The summed E-state index contributed by atoms with van der Waals surface area (Å²) in [5.74, 6) is -5.21. The number of nitrogens with one attached hydrogen (secondary N) is 2. The van der Waals surface area contributed by atoms with E-state index in [1.165, 1.54) is 0 Å². The van der Waals surface area contributed by atoms with Gasteiger partial charge in [-0.1, -0.05) is 11.6 Å². The molecule has 6 heteroatoms. The van der Waals surface area contributed by atoms with Crippen molar-refractivity contribution in [2.45, 2.75) is 20.3 Å². The number of amides is 1. The molecule has 25 heavy (non-hydrogen) atoms. The lowest BCUT2D eigenvalue weighted by atomic mass is 10.1. The quantitative estimate of drug-likeness (QED) is 0.684. The van der Waals surface area contributed by atoms with Crippen molar-refractivity contribution in [1.82, 2.24) is 10.3 Å². The number of rotatable bonds is 4. The molecule has 130 valence electrons. The Morgan fingerprint density at radius 3 is 2.60 bits per heavy atom. The van der Waals surface area contributed by atoms with Crippen molar-refractivity contribution in [3.8, 4) is 0 Å². The summed E-state index contributed by atoms with van der Waals surface area (Å²) in [7, 11) is 0. The monoisotopic (exact) mass is 346 g/mol. The first kappa shape index (κ1) is 17.1. The number of H-pyrrole nitrogens is 1. The Hall–Kier alpha value is -2.76. The Morgan fingerprint density at radius 1 is 1.08 bits per heavy atom. The molecule has 0 bridgehead atoms. The van der Waals surface area contributed by atoms with Crippen LogP contribution in [0.15, 0.2) is 30.3 Å². The summed E-state index contributed by atoms with van der Waals surface area (Å²) in [6.07, 6.45) is 0.534. The van der Waals surface area contributed by atoms with Gasteiger partial charge in [0.1, 0.15) is 0 Å². The topological polar surface area (TPSA) is 44.9 Å². The first-order valence-electron chi connectivity index (χ1n) is 7.88. The van der Waals surface area contributed by atoms with Gasteiger partial charge in [-0.05, 0) is 50.1 Å². The molecule has 0 radical (unpaired) electrons. The van der Waals surface area contributed by atoms with E-state index in [-0.39, 0.29) is 6.54 Å². The molecule has 1 heterocycles. The van der Waals surface area contributed by atoms with E-state index in [9.17, 15) is 18.0 Å². The van der Waals surface area contributed by atoms with Crippen LogP contribution in [0.1, 0.15) is 27.2 Å². The number of aromatic nitrogens is 1. The van der Waals surface area contributed by atoms with E-state index in [1.807, 2.05) is 26.0 Å². The van der Waals surface area contributed by atoms with Gasteiger partial charge in [0.15, 0.2) is 17.5 Å². The zero-order chi connectivity index (χ0) is 18.1. The fourth-order valence-electron chi connectivity index (χ4n) is 2.92. The first-order chi connectivity index (χ1) is 11.9. The summed E-state index contributed by atoms with van der Waals surface area (Å²) >= 11 is 0. The third kappa shape index (κ3) is 3.24. The zero-order valence-electron chi connectivity index (χ0n) is 13.8. The van der Waals surface area contributed by atoms with Gasteiger partial charge in [0, 0.05) is 23.1 Å². The van der Waals surface area contributed by atoms with E-state index in [2.05, 4.69) is 16.4 Å². The molecule has 0 fully saturated rings. The normalized spacial score (nSPS) is 11.1. The summed E-state index contributed by atoms with van der Waals surface area (Å²) < 4.78 is 39.8. The standard InChI is InChI=1S/C19H17F3N2O/c1-10-3-6-16-14(9-10)12(11(2)24-16)7-8-23-19(25)13-4-5-15(20)18(22)17(13)21/h3-6,9,24H,7-8H2,1-2H3,(H,23,25). The Labute approximate surface area is 142 Å². The Bertz CT molecular complexity index is 963. The van der Waals surface area contributed by atoms with Crippen molar-refractivity contribution in [3.05, 3.63) is 70.2 Å². The molecule has 0 saturated carbocycles. The van der Waals surface area contributed by atoms with E-state index in [0.717, 1.165) is 39.9 Å². The van der Waals surface area contributed by atoms with E-state index in [4.69, 9.17) is 0 Å². The fourth-order valence-corrected chi connectivity index (χ4v) is 2.92. The van der Waals surface area contributed by atoms with Crippen molar-refractivity contribution < 1.29 is 18.0 Å². The minimum absolute atomic E-state index is 0.249. The molecule has 0 saturated heterocycles. The number of hydrogen-bond donors (Lipinski definition) is 2. The number of halogens is 3. The van der Waals surface area contributed by atoms with Crippen LogP contribution in [0.5, 0.6) is 0 Å². The Morgan fingerprint density at radius 2 is 1.84 bits per heavy atom. The highest BCUT2D eigenvalue weighted by molar-refractivity contribution is 5.94. The van der Waals surface area contributed by atoms with Crippen LogP contribution in [0.25, 0.3) is 10.9 Å². The highest BCUT2D eigenvalue weighted by atomic mass is 19.2. The number of carbonyl (C=O) groups excluding carboxylic acids is 1. The van der Waals surface area contributed by atoms with Crippen molar-refractivity contribution in [2.75, 3.05) is 6.54 Å². The molecule has 1 amide bonds. The van der Waals surface area contributed by atoms with E-state index >= 15 is 0 Å². The van der Waals surface area contributed by atoms with Gasteiger partial charge >= 0.3 is 0 Å². The maximum absolute atomic E-state index is 13.6. The van der Waals surface area contributed by atoms with Crippen LogP contribution in [0.4, 0.5) is 13.2 Å². The molecule has 3 rings (SSSR count). The molecular formula is C19H17F3N2O. The van der Waals surface area contributed by atoms with Crippen molar-refractivity contribution >= 4 is 16.8 Å². The molecular weight excluding hydrogens is 329 g/mol. The summed E-state index contributed by atoms with van der Waals surface area (Å²) in [6, 6.07) is 7.74. The van der Waals surface area contributed by atoms with Crippen LogP contribution in [-0.2, 0) is 6.42 Å². The summed E-state index contributed by atoms with van der Waals surface area (Å²) in [5, 5.41) is 3.62. The smallest absolute Gasteiger partial charge is 0.254 e. The third-order valence-electron chi connectivity index (χ3n) is 4.22. The predicted octanol–water partition coefficient (Wildman–Crippen LogP) is 4.17. The van der Waals surface area contributed by atoms with Gasteiger partial charge < -0.3 is 10.3 Å². The van der Waals surface area contributed by atoms with Gasteiger partial charge in [0.05, 0.1) is 5.56 Å². The minimum Gasteiger partial charge on any atom is -0.358 e. The molecule has 0 spiro atoms. The van der Waals surface area contributed by atoms with E-state index in [1.54, 1.807) is 0 Å². The number of hydrogen-bond acceptors (Lipinski definition) is 1. The van der Waals surface area contributed by atoms with Crippen LogP contribution in [-0.4, -0.2) is 17.4 Å². The number of fused-ring (bicyclic) bond motifs is 1. The zero-order valence-corrected chi connectivity index (χ0v) is 13.8. The molecule has 0 aliphatic carbocycles. The van der Waals surface area contributed by atoms with Gasteiger partial charge in [-0.15, -0.1) is 0 Å². The lowest BCUT2D eigenvalue weighted by molar-refractivity contribution is 0.0949. The number of carbonyl (C=O) groups is 1. The first-order valence-corrected chi connectivity index (χ1v) is 7.88. The molecule has 0 atom stereocenters. The van der Waals surface area contributed by atoms with Gasteiger partial charge in [-0.25, -0.2) is 13.2 Å². The molecule has 0 unspecified atom stereocenters. The van der Waals surface area contributed by atoms with Gasteiger partial charge in [-0.2, -0.15) is 0 Å². The number of aryl methyl sites for hydroxylation is 2. The Kier molecular flexibility index (Phi) is 4.53. The van der Waals surface area contributed by atoms with Crippen molar-refractivity contribution in [2.24, 2.45) is 0 Å². The predicted molar refractivity (Wildman–Crippen MR) is 90.1 cm³/mol. The van der Waals surface area contributed by atoms with E-state index < -0.39 is 28.9 Å². The van der Waals surface area contributed by atoms with Gasteiger partial charge in [0.2, 0.25) is 0 Å². The van der Waals surface area contributed by atoms with Crippen LogP contribution in [0.2, 0.25) is 0 Å². The van der Waals surface area contributed by atoms with Crippen molar-refractivity contribution in [1.29, 1.82) is 0 Å². The highest BCUT2D eigenvalue weighted by Crippen LogP contribution is 2.23. The largest absolute Gasteiger partial charge is 0.358 e. The molecule has 2 aromatic carbocycles. The van der Waals surface area contributed by atoms with Gasteiger partial charge in [-0.3, -0.25) is 4.79 Å². The van der Waals surface area contributed by atoms with Crippen LogP contribution in [0, 0.1) is 31.3 Å². The molecule has 3 nitrogen and oxygen atoms in total. The third-order valence-corrected chi connectivity index (χ3v) is 4.22. The highest BCUT2D eigenvalue weighted by Gasteiger charge is 2.18. The lowest BCUT2D eigenvalue weighted by Crippen LogP contribution is -2.27. The second-order valence-electron chi connectivity index (χ2n) is 6.01. The molecule has 0 aliphatic rings. The second-order valence-corrected chi connectivity index (χ2v) is 6.01.